The van der Waals surface area contributed by atoms with Crippen molar-refractivity contribution < 1.29 is 18.3 Å². The summed E-state index contributed by atoms with van der Waals surface area (Å²) in [7, 11) is 0. The fourth-order valence-corrected chi connectivity index (χ4v) is 0.273. The molecule has 0 saturated carbocycles. The Morgan fingerprint density at radius 2 is 1.78 bits per heavy atom. The van der Waals surface area contributed by atoms with Gasteiger partial charge in [-0.15, -0.1) is 0 Å². The average Bonchev–Trinajstić information content (AvgIpc) is 1.62. The molecule has 0 heterocycles. The molecule has 0 spiro atoms. The highest BCUT2D eigenvalue weighted by atomic mass is 19.4. The lowest BCUT2D eigenvalue weighted by Crippen LogP contribution is -2.45. The van der Waals surface area contributed by atoms with Crippen LogP contribution in [0.25, 0.3) is 0 Å². The molecule has 0 amide bonds. The molecule has 2 atom stereocenters. The fourth-order valence-electron chi connectivity index (χ4n) is 0.273. The fraction of sp³-hybridized carbons (Fsp3) is 1.00. The van der Waals surface area contributed by atoms with E-state index in [1.807, 2.05) is 0 Å². The van der Waals surface area contributed by atoms with Crippen LogP contribution in [-0.2, 0) is 0 Å². The van der Waals surface area contributed by atoms with Crippen molar-refractivity contribution in [1.82, 2.24) is 0 Å². The molecule has 0 bridgehead atoms. The van der Waals surface area contributed by atoms with Crippen LogP contribution in [0.3, 0.4) is 0 Å². The molecule has 0 rings (SSSR count). The molecule has 0 aliphatic carbocycles. The standard InChI is InChI=1S/C4H8F3NO/c1-2(9)3(8)4(5,6)7/h2-3,9H,8H2,1H3/t2-,3-/m0/s1. The summed E-state index contributed by atoms with van der Waals surface area (Å²) in [4.78, 5) is 0. The van der Waals surface area contributed by atoms with E-state index >= 15 is 0 Å². The van der Waals surface area contributed by atoms with E-state index in [2.05, 4.69) is 5.73 Å². The van der Waals surface area contributed by atoms with Crippen LogP contribution >= 0.6 is 0 Å². The predicted molar refractivity (Wildman–Crippen MR) is 25.7 cm³/mol. The second-order valence-electron chi connectivity index (χ2n) is 1.81. The van der Waals surface area contributed by atoms with E-state index in [0.717, 1.165) is 6.92 Å². The summed E-state index contributed by atoms with van der Waals surface area (Å²) in [6, 6.07) is -2.13. The molecule has 0 aliphatic heterocycles. The van der Waals surface area contributed by atoms with Gasteiger partial charge in [-0.1, -0.05) is 0 Å². The summed E-state index contributed by atoms with van der Waals surface area (Å²) in [5.74, 6) is 0. The maximum atomic E-state index is 11.4. The number of hydrogen-bond acceptors (Lipinski definition) is 2. The van der Waals surface area contributed by atoms with Gasteiger partial charge in [-0.25, -0.2) is 0 Å². The van der Waals surface area contributed by atoms with Gasteiger partial charge in [-0.2, -0.15) is 13.2 Å². The summed E-state index contributed by atoms with van der Waals surface area (Å²) in [5.41, 5.74) is 4.52. The molecule has 56 valence electrons. The first-order valence-corrected chi connectivity index (χ1v) is 2.36. The number of halogens is 3. The molecule has 0 aromatic rings. The highest BCUT2D eigenvalue weighted by molar-refractivity contribution is 4.75. The molecule has 0 unspecified atom stereocenters. The van der Waals surface area contributed by atoms with Crippen LogP contribution in [0.2, 0.25) is 0 Å². The topological polar surface area (TPSA) is 46.2 Å². The summed E-state index contributed by atoms with van der Waals surface area (Å²) in [5, 5.41) is 8.31. The summed E-state index contributed by atoms with van der Waals surface area (Å²) >= 11 is 0. The Bertz CT molecular complexity index is 90.3. The van der Waals surface area contributed by atoms with Gasteiger partial charge >= 0.3 is 6.18 Å². The van der Waals surface area contributed by atoms with Crippen LogP contribution in [0.1, 0.15) is 6.92 Å². The van der Waals surface area contributed by atoms with Crippen molar-refractivity contribution in [3.8, 4) is 0 Å². The Labute approximate surface area is 50.5 Å². The number of hydrogen-bond donors (Lipinski definition) is 2. The summed E-state index contributed by atoms with van der Waals surface area (Å²) in [6.07, 6.45) is -6.03. The third-order valence-electron chi connectivity index (χ3n) is 0.898. The van der Waals surface area contributed by atoms with Gasteiger partial charge in [0.1, 0.15) is 6.04 Å². The van der Waals surface area contributed by atoms with Crippen molar-refractivity contribution in [2.75, 3.05) is 0 Å². The van der Waals surface area contributed by atoms with Gasteiger partial charge in [0.2, 0.25) is 0 Å². The van der Waals surface area contributed by atoms with Crippen molar-refractivity contribution >= 4 is 0 Å². The van der Waals surface area contributed by atoms with Gasteiger partial charge in [0.25, 0.3) is 0 Å². The van der Waals surface area contributed by atoms with Crippen LogP contribution < -0.4 is 5.73 Å². The maximum absolute atomic E-state index is 11.4. The molecular weight excluding hydrogens is 135 g/mol. The molecule has 2 nitrogen and oxygen atoms in total. The Hall–Kier alpha value is -0.290. The zero-order valence-corrected chi connectivity index (χ0v) is 4.81. The van der Waals surface area contributed by atoms with E-state index in [-0.39, 0.29) is 0 Å². The molecular formula is C4H8F3NO. The molecule has 0 saturated heterocycles. The summed E-state index contributed by atoms with van der Waals surface area (Å²) in [6.45, 7) is 0.998. The molecule has 0 aromatic carbocycles. The van der Waals surface area contributed by atoms with E-state index in [4.69, 9.17) is 5.11 Å². The highest BCUT2D eigenvalue weighted by Crippen LogP contribution is 2.20. The van der Waals surface area contributed by atoms with Crippen molar-refractivity contribution in [2.45, 2.75) is 25.2 Å². The van der Waals surface area contributed by atoms with Crippen molar-refractivity contribution in [3.63, 3.8) is 0 Å². The first-order valence-electron chi connectivity index (χ1n) is 2.36. The lowest BCUT2D eigenvalue weighted by atomic mass is 10.2. The van der Waals surface area contributed by atoms with E-state index in [0.29, 0.717) is 0 Å². The van der Waals surface area contributed by atoms with Gasteiger partial charge in [0.05, 0.1) is 6.10 Å². The maximum Gasteiger partial charge on any atom is 0.406 e. The molecule has 9 heavy (non-hydrogen) atoms. The zero-order chi connectivity index (χ0) is 7.65. The largest absolute Gasteiger partial charge is 0.406 e. The second-order valence-corrected chi connectivity index (χ2v) is 1.81. The highest BCUT2D eigenvalue weighted by Gasteiger charge is 2.39. The number of nitrogens with two attached hydrogens (primary N) is 1. The molecule has 3 N–H and O–H groups in total. The van der Waals surface area contributed by atoms with E-state index in [1.165, 1.54) is 0 Å². The first kappa shape index (κ1) is 8.71. The van der Waals surface area contributed by atoms with E-state index < -0.39 is 18.3 Å². The van der Waals surface area contributed by atoms with Gasteiger partial charge in [0, 0.05) is 0 Å². The van der Waals surface area contributed by atoms with Gasteiger partial charge in [0.15, 0.2) is 0 Å². The minimum absolute atomic E-state index is 0.998. The number of aliphatic hydroxyl groups excluding tert-OH is 1. The van der Waals surface area contributed by atoms with Crippen LogP contribution in [0, 0.1) is 0 Å². The molecule has 0 radical (unpaired) electrons. The van der Waals surface area contributed by atoms with Crippen LogP contribution in [0.15, 0.2) is 0 Å². The molecule has 5 heteroatoms. The van der Waals surface area contributed by atoms with Gasteiger partial charge in [-0.05, 0) is 6.92 Å². The Morgan fingerprint density at radius 3 is 1.78 bits per heavy atom. The molecule has 0 fully saturated rings. The van der Waals surface area contributed by atoms with Crippen molar-refractivity contribution in [3.05, 3.63) is 0 Å². The van der Waals surface area contributed by atoms with E-state index in [9.17, 15) is 13.2 Å². The second kappa shape index (κ2) is 2.53. The minimum Gasteiger partial charge on any atom is -0.391 e. The Kier molecular flexibility index (Phi) is 2.45. The smallest absolute Gasteiger partial charge is 0.391 e. The zero-order valence-electron chi connectivity index (χ0n) is 4.81. The Morgan fingerprint density at radius 1 is 1.44 bits per heavy atom. The third-order valence-corrected chi connectivity index (χ3v) is 0.898. The minimum atomic E-state index is -4.49. The third kappa shape index (κ3) is 2.67. The van der Waals surface area contributed by atoms with E-state index in [1.54, 1.807) is 0 Å². The quantitative estimate of drug-likeness (QED) is 0.553. The predicted octanol–water partition coefficient (Wildman–Crippen LogP) is 0.257. The molecule has 0 aliphatic rings. The van der Waals surface area contributed by atoms with Gasteiger partial charge < -0.3 is 10.8 Å². The van der Waals surface area contributed by atoms with Crippen molar-refractivity contribution in [2.24, 2.45) is 5.73 Å². The first-order chi connectivity index (χ1) is 3.85. The van der Waals surface area contributed by atoms with Gasteiger partial charge in [-0.3, -0.25) is 0 Å². The Balaban J connectivity index is 3.88. The van der Waals surface area contributed by atoms with Crippen LogP contribution in [-0.4, -0.2) is 23.4 Å². The average molecular weight is 143 g/mol. The summed E-state index contributed by atoms with van der Waals surface area (Å²) < 4.78 is 34.2. The number of aliphatic hydroxyl groups is 1. The monoisotopic (exact) mass is 143 g/mol. The lowest BCUT2D eigenvalue weighted by molar-refractivity contribution is -0.166. The van der Waals surface area contributed by atoms with Crippen LogP contribution in [0.5, 0.6) is 0 Å². The SMILES string of the molecule is C[C@H](O)[C@H](N)C(F)(F)F. The van der Waals surface area contributed by atoms with Crippen molar-refractivity contribution in [1.29, 1.82) is 0 Å². The normalized spacial score (nSPS) is 19.3. The lowest BCUT2D eigenvalue weighted by Gasteiger charge is -2.17. The number of rotatable bonds is 1. The molecule has 0 aromatic heterocycles. The van der Waals surface area contributed by atoms with Crippen LogP contribution in [0.4, 0.5) is 13.2 Å². The number of alkyl halides is 3.